The number of nitrogens with one attached hydrogen (secondary N) is 1. The number of hydrogen-bond donors (Lipinski definition) is 2. The van der Waals surface area contributed by atoms with Gasteiger partial charge in [0.25, 0.3) is 0 Å². The van der Waals surface area contributed by atoms with Crippen LogP contribution < -0.4 is 5.32 Å². The lowest BCUT2D eigenvalue weighted by Gasteiger charge is -2.06. The molecule has 2 aromatic rings. The zero-order valence-corrected chi connectivity index (χ0v) is 11.8. The van der Waals surface area contributed by atoms with Gasteiger partial charge in [-0.25, -0.2) is 4.68 Å². The average molecular weight is 332 g/mol. The number of aliphatic hydroxyl groups is 1. The highest BCUT2D eigenvalue weighted by atomic mass is 79.9. The summed E-state index contributed by atoms with van der Waals surface area (Å²) in [6.45, 7) is 1.04. The Morgan fingerprint density at radius 3 is 3.00 bits per heavy atom. The van der Waals surface area contributed by atoms with Crippen molar-refractivity contribution in [3.05, 3.63) is 39.6 Å². The van der Waals surface area contributed by atoms with Gasteiger partial charge in [0.05, 0.1) is 36.6 Å². The van der Waals surface area contributed by atoms with Crippen molar-refractivity contribution in [1.29, 1.82) is 0 Å². The van der Waals surface area contributed by atoms with Crippen molar-refractivity contribution in [2.24, 2.45) is 0 Å². The highest BCUT2D eigenvalue weighted by Crippen LogP contribution is 2.25. The van der Waals surface area contributed by atoms with E-state index in [0.717, 1.165) is 15.9 Å². The van der Waals surface area contributed by atoms with E-state index in [4.69, 9.17) is 16.7 Å². The molecule has 1 heterocycles. The number of rotatable bonds is 5. The summed E-state index contributed by atoms with van der Waals surface area (Å²) in [6.07, 6.45) is 1.79. The molecule has 2 N–H and O–H groups in total. The Hall–Kier alpha value is -1.11. The van der Waals surface area contributed by atoms with Crippen molar-refractivity contribution in [2.75, 3.05) is 11.9 Å². The second-order valence-electron chi connectivity index (χ2n) is 3.67. The van der Waals surface area contributed by atoms with Crippen LogP contribution in [0.3, 0.4) is 0 Å². The van der Waals surface area contributed by atoms with Gasteiger partial charge in [0.1, 0.15) is 5.69 Å². The van der Waals surface area contributed by atoms with Gasteiger partial charge in [0.15, 0.2) is 0 Å². The Kier molecular flexibility index (Phi) is 4.57. The Balaban J connectivity index is 1.97. The van der Waals surface area contributed by atoms with Crippen LogP contribution in [0.5, 0.6) is 0 Å². The van der Waals surface area contributed by atoms with E-state index in [-0.39, 0.29) is 6.61 Å². The molecule has 7 heteroatoms. The van der Waals surface area contributed by atoms with Crippen LogP contribution in [-0.4, -0.2) is 26.7 Å². The van der Waals surface area contributed by atoms with Gasteiger partial charge in [-0.15, -0.1) is 5.10 Å². The van der Waals surface area contributed by atoms with Gasteiger partial charge < -0.3 is 10.4 Å². The third-order valence-electron chi connectivity index (χ3n) is 2.31. The zero-order chi connectivity index (χ0) is 13.0. The van der Waals surface area contributed by atoms with Gasteiger partial charge in [-0.1, -0.05) is 32.7 Å². The predicted molar refractivity (Wildman–Crippen MR) is 73.6 cm³/mol. The van der Waals surface area contributed by atoms with Crippen LogP contribution in [0.25, 0.3) is 0 Å². The third-order valence-corrected chi connectivity index (χ3v) is 3.11. The first-order chi connectivity index (χ1) is 8.69. The summed E-state index contributed by atoms with van der Waals surface area (Å²) in [5, 5.41) is 20.5. The number of hydrogen-bond acceptors (Lipinski definition) is 4. The van der Waals surface area contributed by atoms with Crippen molar-refractivity contribution >= 4 is 33.2 Å². The van der Waals surface area contributed by atoms with Crippen LogP contribution in [-0.2, 0) is 13.1 Å². The van der Waals surface area contributed by atoms with Crippen LogP contribution in [0, 0.1) is 0 Å². The van der Waals surface area contributed by atoms with Gasteiger partial charge in [0, 0.05) is 4.47 Å². The summed E-state index contributed by atoms with van der Waals surface area (Å²) in [7, 11) is 0. The van der Waals surface area contributed by atoms with Crippen molar-refractivity contribution < 1.29 is 5.11 Å². The smallest absolute Gasteiger partial charge is 0.102 e. The summed E-state index contributed by atoms with van der Waals surface area (Å²) in [5.74, 6) is 0. The summed E-state index contributed by atoms with van der Waals surface area (Å²) >= 11 is 9.44. The van der Waals surface area contributed by atoms with Gasteiger partial charge in [0.2, 0.25) is 0 Å². The maximum atomic E-state index is 8.77. The molecule has 0 aliphatic rings. The molecule has 0 unspecified atom stereocenters. The quantitative estimate of drug-likeness (QED) is 0.882. The first-order valence-electron chi connectivity index (χ1n) is 5.38. The molecule has 18 heavy (non-hydrogen) atoms. The van der Waals surface area contributed by atoms with E-state index in [2.05, 4.69) is 31.6 Å². The standard InChI is InChI=1S/C11H12BrClN4O/c12-8-1-2-11(10(13)5-8)14-6-9-7-17(3-4-18)16-15-9/h1-2,5,7,14,18H,3-4,6H2. The topological polar surface area (TPSA) is 63.0 Å². The molecule has 0 amide bonds. The molecule has 0 saturated heterocycles. The molecule has 0 aliphatic carbocycles. The van der Waals surface area contributed by atoms with Crippen LogP contribution >= 0.6 is 27.5 Å². The van der Waals surface area contributed by atoms with Crippen LogP contribution in [0.1, 0.15) is 5.69 Å². The number of halogens is 2. The number of aliphatic hydroxyl groups excluding tert-OH is 1. The number of nitrogens with zero attached hydrogens (tertiary/aromatic N) is 3. The van der Waals surface area contributed by atoms with Crippen molar-refractivity contribution in [3.8, 4) is 0 Å². The molecule has 0 bridgehead atoms. The van der Waals surface area contributed by atoms with Crippen molar-refractivity contribution in [3.63, 3.8) is 0 Å². The molecule has 0 fully saturated rings. The van der Waals surface area contributed by atoms with Gasteiger partial charge in [-0.3, -0.25) is 0 Å². The molecule has 0 atom stereocenters. The summed E-state index contributed by atoms with van der Waals surface area (Å²) in [6, 6.07) is 5.63. The first-order valence-corrected chi connectivity index (χ1v) is 6.55. The van der Waals surface area contributed by atoms with Crippen molar-refractivity contribution in [2.45, 2.75) is 13.1 Å². The fraction of sp³-hybridized carbons (Fsp3) is 0.273. The SMILES string of the molecule is OCCn1cc(CNc2ccc(Br)cc2Cl)nn1. The lowest BCUT2D eigenvalue weighted by atomic mass is 10.3. The summed E-state index contributed by atoms with van der Waals surface area (Å²) < 4.78 is 2.53. The zero-order valence-electron chi connectivity index (χ0n) is 9.48. The number of aromatic nitrogens is 3. The summed E-state index contributed by atoms with van der Waals surface area (Å²) in [5.41, 5.74) is 1.64. The molecule has 2 rings (SSSR count). The Labute approximate surface area is 118 Å². The molecular weight excluding hydrogens is 320 g/mol. The minimum Gasteiger partial charge on any atom is -0.394 e. The molecule has 0 saturated carbocycles. The van der Waals surface area contributed by atoms with E-state index >= 15 is 0 Å². The van der Waals surface area contributed by atoms with E-state index in [1.54, 1.807) is 10.9 Å². The highest BCUT2D eigenvalue weighted by Gasteiger charge is 2.03. The molecule has 0 radical (unpaired) electrons. The van der Waals surface area contributed by atoms with E-state index < -0.39 is 0 Å². The average Bonchev–Trinajstić information content (AvgIpc) is 2.76. The Morgan fingerprint density at radius 1 is 1.44 bits per heavy atom. The molecule has 1 aromatic carbocycles. The van der Waals surface area contributed by atoms with Crippen LogP contribution in [0.2, 0.25) is 5.02 Å². The molecule has 0 spiro atoms. The molecule has 0 aliphatic heterocycles. The normalized spacial score (nSPS) is 10.6. The fourth-order valence-electron chi connectivity index (χ4n) is 1.45. The number of anilines is 1. The van der Waals surface area contributed by atoms with Gasteiger partial charge in [-0.05, 0) is 18.2 Å². The van der Waals surface area contributed by atoms with Crippen molar-refractivity contribution in [1.82, 2.24) is 15.0 Å². The second-order valence-corrected chi connectivity index (χ2v) is 5.00. The third kappa shape index (κ3) is 3.44. The van der Waals surface area contributed by atoms with Gasteiger partial charge in [-0.2, -0.15) is 0 Å². The highest BCUT2D eigenvalue weighted by molar-refractivity contribution is 9.10. The molecular formula is C11H12BrClN4O. The molecule has 1 aromatic heterocycles. The van der Waals surface area contributed by atoms with E-state index in [1.807, 2.05) is 18.2 Å². The number of benzene rings is 1. The van der Waals surface area contributed by atoms with Crippen LogP contribution in [0.15, 0.2) is 28.9 Å². The van der Waals surface area contributed by atoms with E-state index in [9.17, 15) is 0 Å². The Morgan fingerprint density at radius 2 is 2.28 bits per heavy atom. The van der Waals surface area contributed by atoms with Crippen LogP contribution in [0.4, 0.5) is 5.69 Å². The lowest BCUT2D eigenvalue weighted by Crippen LogP contribution is -2.02. The maximum absolute atomic E-state index is 8.77. The largest absolute Gasteiger partial charge is 0.394 e. The molecule has 5 nitrogen and oxygen atoms in total. The first kappa shape index (κ1) is 13.3. The minimum absolute atomic E-state index is 0.0504. The maximum Gasteiger partial charge on any atom is 0.102 e. The summed E-state index contributed by atoms with van der Waals surface area (Å²) in [4.78, 5) is 0. The Bertz CT molecular complexity index is 532. The fourth-order valence-corrected chi connectivity index (χ4v) is 2.19. The lowest BCUT2D eigenvalue weighted by molar-refractivity contribution is 0.268. The van der Waals surface area contributed by atoms with E-state index in [0.29, 0.717) is 18.1 Å². The monoisotopic (exact) mass is 330 g/mol. The second kappa shape index (κ2) is 6.17. The van der Waals surface area contributed by atoms with E-state index in [1.165, 1.54) is 0 Å². The van der Waals surface area contributed by atoms with Gasteiger partial charge >= 0.3 is 0 Å². The minimum atomic E-state index is 0.0504. The predicted octanol–water partition coefficient (Wildman–Crippen LogP) is 2.30. The molecule has 96 valence electrons.